The molecule has 0 aliphatic rings. The Kier molecular flexibility index (Phi) is 5.98. The number of anilines is 1. The smallest absolute Gasteiger partial charge is 0.271 e. The monoisotopic (exact) mass is 362 g/mol. The minimum atomic E-state index is -0.739. The topological polar surface area (TPSA) is 81.5 Å². The Balaban J connectivity index is 2.17. The standard InChI is InChI=1S/C18H19ClN2O4/c1-4-17(25-14-8-11(2)7-12(3)9-14)18(22)20-16-10-13(21(23)24)5-6-15(16)19/h5-10,17H,4H2,1-3H3,(H,20,22)/t17-/m0/s1. The molecule has 6 nitrogen and oxygen atoms in total. The van der Waals surface area contributed by atoms with Gasteiger partial charge in [0.05, 0.1) is 15.6 Å². The Labute approximate surface area is 150 Å². The molecule has 0 aliphatic heterocycles. The van der Waals surface area contributed by atoms with E-state index in [0.717, 1.165) is 11.1 Å². The number of carbonyl (C=O) groups is 1. The lowest BCUT2D eigenvalue weighted by Gasteiger charge is -2.18. The van der Waals surface area contributed by atoms with Gasteiger partial charge in [-0.05, 0) is 49.6 Å². The third-order valence-electron chi connectivity index (χ3n) is 3.56. The molecular weight excluding hydrogens is 344 g/mol. The second-order valence-electron chi connectivity index (χ2n) is 5.75. The van der Waals surface area contributed by atoms with Crippen LogP contribution in [0.15, 0.2) is 36.4 Å². The van der Waals surface area contributed by atoms with E-state index in [1.165, 1.54) is 18.2 Å². The summed E-state index contributed by atoms with van der Waals surface area (Å²) >= 11 is 6.02. The van der Waals surface area contributed by atoms with Crippen LogP contribution in [0.4, 0.5) is 11.4 Å². The molecule has 2 aromatic rings. The lowest BCUT2D eigenvalue weighted by molar-refractivity contribution is -0.384. The number of hydrogen-bond acceptors (Lipinski definition) is 4. The quantitative estimate of drug-likeness (QED) is 0.598. The van der Waals surface area contributed by atoms with E-state index in [2.05, 4.69) is 5.32 Å². The molecule has 0 radical (unpaired) electrons. The van der Waals surface area contributed by atoms with E-state index in [1.807, 2.05) is 39.0 Å². The summed E-state index contributed by atoms with van der Waals surface area (Å²) in [6.07, 6.45) is -0.303. The zero-order valence-corrected chi connectivity index (χ0v) is 15.0. The van der Waals surface area contributed by atoms with Crippen molar-refractivity contribution in [3.8, 4) is 5.75 Å². The molecule has 0 heterocycles. The number of hydrogen-bond donors (Lipinski definition) is 1. The van der Waals surface area contributed by atoms with Crippen LogP contribution in [0.1, 0.15) is 24.5 Å². The lowest BCUT2D eigenvalue weighted by atomic mass is 10.1. The van der Waals surface area contributed by atoms with Crippen LogP contribution in [0.2, 0.25) is 5.02 Å². The van der Waals surface area contributed by atoms with Gasteiger partial charge in [0.2, 0.25) is 0 Å². The first-order valence-electron chi connectivity index (χ1n) is 7.80. The van der Waals surface area contributed by atoms with Crippen LogP contribution < -0.4 is 10.1 Å². The molecular formula is C18H19ClN2O4. The van der Waals surface area contributed by atoms with Crippen molar-refractivity contribution < 1.29 is 14.5 Å². The molecule has 0 unspecified atom stereocenters. The number of nitro groups is 1. The van der Waals surface area contributed by atoms with Crippen LogP contribution in [0.5, 0.6) is 5.75 Å². The van der Waals surface area contributed by atoms with Crippen molar-refractivity contribution in [1.82, 2.24) is 0 Å². The predicted molar refractivity (Wildman–Crippen MR) is 97.4 cm³/mol. The molecule has 1 amide bonds. The molecule has 0 saturated carbocycles. The SMILES string of the molecule is CC[C@H](Oc1cc(C)cc(C)c1)C(=O)Nc1cc([N+](=O)[O-])ccc1Cl. The normalized spacial score (nSPS) is 11.7. The fraction of sp³-hybridized carbons (Fsp3) is 0.278. The highest BCUT2D eigenvalue weighted by Crippen LogP contribution is 2.27. The Bertz CT molecular complexity index is 787. The average Bonchev–Trinajstić information content (AvgIpc) is 2.53. The number of nitrogens with zero attached hydrogens (tertiary/aromatic N) is 1. The minimum Gasteiger partial charge on any atom is -0.481 e. The molecule has 132 valence electrons. The summed E-state index contributed by atoms with van der Waals surface area (Å²) in [5.41, 5.74) is 2.10. The van der Waals surface area contributed by atoms with Crippen molar-refractivity contribution in [2.75, 3.05) is 5.32 Å². The molecule has 0 fully saturated rings. The zero-order chi connectivity index (χ0) is 18.6. The summed E-state index contributed by atoms with van der Waals surface area (Å²) in [6.45, 7) is 5.72. The summed E-state index contributed by atoms with van der Waals surface area (Å²) in [4.78, 5) is 22.8. The molecule has 0 aliphatic carbocycles. The second kappa shape index (κ2) is 7.98. The lowest BCUT2D eigenvalue weighted by Crippen LogP contribution is -2.32. The maximum Gasteiger partial charge on any atom is 0.271 e. The number of nitrogens with one attached hydrogen (secondary N) is 1. The van der Waals surface area contributed by atoms with Crippen LogP contribution in [-0.2, 0) is 4.79 Å². The molecule has 1 atom stereocenters. The van der Waals surface area contributed by atoms with E-state index in [0.29, 0.717) is 12.2 Å². The van der Waals surface area contributed by atoms with Crippen molar-refractivity contribution in [1.29, 1.82) is 0 Å². The van der Waals surface area contributed by atoms with Gasteiger partial charge in [0.1, 0.15) is 5.75 Å². The van der Waals surface area contributed by atoms with E-state index in [-0.39, 0.29) is 16.4 Å². The fourth-order valence-corrected chi connectivity index (χ4v) is 2.59. The molecule has 0 saturated heterocycles. The van der Waals surface area contributed by atoms with Crippen LogP contribution in [0, 0.1) is 24.0 Å². The van der Waals surface area contributed by atoms with Crippen LogP contribution in [0.3, 0.4) is 0 Å². The molecule has 2 rings (SSSR count). The highest BCUT2D eigenvalue weighted by molar-refractivity contribution is 6.33. The summed E-state index contributed by atoms with van der Waals surface area (Å²) < 4.78 is 5.79. The third-order valence-corrected chi connectivity index (χ3v) is 3.88. The van der Waals surface area contributed by atoms with Gasteiger partial charge < -0.3 is 10.1 Å². The van der Waals surface area contributed by atoms with Crippen molar-refractivity contribution in [2.45, 2.75) is 33.3 Å². The average molecular weight is 363 g/mol. The third kappa shape index (κ3) is 4.93. The first kappa shape index (κ1) is 18.7. The van der Waals surface area contributed by atoms with Gasteiger partial charge in [-0.25, -0.2) is 0 Å². The van der Waals surface area contributed by atoms with Crippen molar-refractivity contribution >= 4 is 28.9 Å². The first-order valence-corrected chi connectivity index (χ1v) is 8.17. The van der Waals surface area contributed by atoms with Gasteiger partial charge in [-0.1, -0.05) is 24.6 Å². The van der Waals surface area contributed by atoms with Gasteiger partial charge in [-0.3, -0.25) is 14.9 Å². The summed E-state index contributed by atoms with van der Waals surface area (Å²) in [7, 11) is 0. The Morgan fingerprint density at radius 1 is 1.24 bits per heavy atom. The number of aryl methyl sites for hydroxylation is 2. The Hall–Kier alpha value is -2.60. The van der Waals surface area contributed by atoms with Crippen molar-refractivity contribution in [2.24, 2.45) is 0 Å². The number of amides is 1. The molecule has 0 aromatic heterocycles. The van der Waals surface area contributed by atoms with E-state index < -0.39 is 16.9 Å². The molecule has 7 heteroatoms. The number of halogens is 1. The van der Waals surface area contributed by atoms with Gasteiger partial charge in [-0.15, -0.1) is 0 Å². The maximum atomic E-state index is 12.5. The molecule has 1 N–H and O–H groups in total. The summed E-state index contributed by atoms with van der Waals surface area (Å²) in [5, 5.41) is 13.7. The van der Waals surface area contributed by atoms with E-state index >= 15 is 0 Å². The highest BCUT2D eigenvalue weighted by atomic mass is 35.5. The zero-order valence-electron chi connectivity index (χ0n) is 14.2. The van der Waals surface area contributed by atoms with Crippen LogP contribution >= 0.6 is 11.6 Å². The van der Waals surface area contributed by atoms with Gasteiger partial charge in [0.25, 0.3) is 11.6 Å². The van der Waals surface area contributed by atoms with Gasteiger partial charge >= 0.3 is 0 Å². The largest absolute Gasteiger partial charge is 0.481 e. The minimum absolute atomic E-state index is 0.150. The summed E-state index contributed by atoms with van der Waals surface area (Å²) in [6, 6.07) is 9.59. The van der Waals surface area contributed by atoms with E-state index in [4.69, 9.17) is 16.3 Å². The van der Waals surface area contributed by atoms with E-state index in [9.17, 15) is 14.9 Å². The first-order chi connectivity index (χ1) is 11.8. The molecule has 0 spiro atoms. The number of nitro benzene ring substituents is 1. The van der Waals surface area contributed by atoms with Crippen molar-refractivity contribution in [3.05, 3.63) is 62.7 Å². The number of benzene rings is 2. The van der Waals surface area contributed by atoms with Crippen LogP contribution in [-0.4, -0.2) is 16.9 Å². The van der Waals surface area contributed by atoms with Gasteiger partial charge in [0, 0.05) is 12.1 Å². The molecule has 0 bridgehead atoms. The van der Waals surface area contributed by atoms with Crippen molar-refractivity contribution in [3.63, 3.8) is 0 Å². The number of rotatable bonds is 6. The van der Waals surface area contributed by atoms with Gasteiger partial charge in [-0.2, -0.15) is 0 Å². The van der Waals surface area contributed by atoms with E-state index in [1.54, 1.807) is 0 Å². The van der Waals surface area contributed by atoms with Gasteiger partial charge in [0.15, 0.2) is 6.10 Å². The number of ether oxygens (including phenoxy) is 1. The Morgan fingerprint density at radius 2 is 1.88 bits per heavy atom. The fourth-order valence-electron chi connectivity index (χ4n) is 2.42. The van der Waals surface area contributed by atoms with Crippen LogP contribution in [0.25, 0.3) is 0 Å². The predicted octanol–water partition coefficient (Wildman–Crippen LogP) is 4.66. The second-order valence-corrected chi connectivity index (χ2v) is 6.16. The molecule has 25 heavy (non-hydrogen) atoms. The maximum absolute atomic E-state index is 12.5. The number of non-ortho nitro benzene ring substituents is 1. The highest BCUT2D eigenvalue weighted by Gasteiger charge is 2.21. The molecule has 2 aromatic carbocycles. The summed E-state index contributed by atoms with van der Waals surface area (Å²) in [5.74, 6) is 0.189. The number of carbonyl (C=O) groups excluding carboxylic acids is 1. The Morgan fingerprint density at radius 3 is 2.44 bits per heavy atom.